The summed E-state index contributed by atoms with van der Waals surface area (Å²) in [7, 11) is 0. The largest absolute Gasteiger partial charge is 0.392 e. The maximum absolute atomic E-state index is 10.6. The van der Waals surface area contributed by atoms with Crippen molar-refractivity contribution in [1.82, 2.24) is 4.98 Å². The molecule has 0 saturated heterocycles. The van der Waals surface area contributed by atoms with E-state index in [-0.39, 0.29) is 5.25 Å². The Bertz CT molecular complexity index is 897. The van der Waals surface area contributed by atoms with E-state index in [0.717, 1.165) is 12.0 Å². The number of hydrogen-bond donors (Lipinski definition) is 2. The van der Waals surface area contributed by atoms with Gasteiger partial charge >= 0.3 is 0 Å². The monoisotopic (exact) mass is 361 g/mol. The average Bonchev–Trinajstić information content (AvgIpc) is 2.69. The second-order valence-electron chi connectivity index (χ2n) is 5.86. The van der Waals surface area contributed by atoms with Gasteiger partial charge in [-0.15, -0.1) is 0 Å². The topological polar surface area (TPSA) is 82.9 Å². The van der Waals surface area contributed by atoms with E-state index in [9.17, 15) is 10.4 Å². The molecule has 26 heavy (non-hydrogen) atoms. The van der Waals surface area contributed by atoms with Gasteiger partial charge < -0.3 is 10.8 Å². The predicted octanol–water partition coefficient (Wildman–Crippen LogP) is 3.93. The van der Waals surface area contributed by atoms with Crippen LogP contribution in [0.15, 0.2) is 78.1 Å². The molecule has 4 nitrogen and oxygen atoms in total. The van der Waals surface area contributed by atoms with Crippen molar-refractivity contribution in [3.05, 3.63) is 94.8 Å². The predicted molar refractivity (Wildman–Crippen MR) is 106 cm³/mol. The lowest BCUT2D eigenvalue weighted by atomic mass is 9.98. The van der Waals surface area contributed by atoms with Gasteiger partial charge in [-0.05, 0) is 41.3 Å². The molecule has 1 aliphatic carbocycles. The fourth-order valence-electron chi connectivity index (χ4n) is 2.73. The molecule has 0 spiro atoms. The zero-order chi connectivity index (χ0) is 18.4. The van der Waals surface area contributed by atoms with Crippen LogP contribution in [0.4, 0.5) is 0 Å². The smallest absolute Gasteiger partial charge is 0.104 e. The molecule has 0 fully saturated rings. The van der Waals surface area contributed by atoms with Gasteiger partial charge in [0.05, 0.1) is 10.6 Å². The lowest BCUT2D eigenvalue weighted by Crippen LogP contribution is -2.06. The zero-order valence-corrected chi connectivity index (χ0v) is 14.9. The summed E-state index contributed by atoms with van der Waals surface area (Å²) < 4.78 is 0. The number of nitrogens with zero attached hydrogens (tertiary/aromatic N) is 2. The number of pyridine rings is 1. The summed E-state index contributed by atoms with van der Waals surface area (Å²) in [5.74, 6) is 0. The van der Waals surface area contributed by atoms with Gasteiger partial charge in [-0.25, -0.2) is 0 Å². The van der Waals surface area contributed by atoms with E-state index in [4.69, 9.17) is 5.73 Å². The van der Waals surface area contributed by atoms with Crippen molar-refractivity contribution in [3.8, 4) is 6.07 Å². The first-order valence-electron chi connectivity index (χ1n) is 8.27. The Labute approximate surface area is 157 Å². The Morgan fingerprint density at radius 3 is 2.73 bits per heavy atom. The van der Waals surface area contributed by atoms with E-state index >= 15 is 0 Å². The molecule has 3 rings (SSSR count). The first-order chi connectivity index (χ1) is 12.7. The van der Waals surface area contributed by atoms with Crippen molar-refractivity contribution in [2.45, 2.75) is 17.8 Å². The standard InChI is InChI=1S/C21H19N3OS/c22-14-19(21(23)26-18-7-2-1-3-8-18)16-5-4-6-17(13-16)20(25)15-9-11-24-12-10-15/h1-7,9-13,18,20,25H,8,23H2/b21-19+. The molecule has 0 aliphatic heterocycles. The third-order valence-corrected chi connectivity index (χ3v) is 5.20. The SMILES string of the molecule is N#C/C(=C(/N)SC1C=CC=CC1)c1cccc(C(O)c2ccncc2)c1. The molecule has 0 bridgehead atoms. The minimum absolute atomic E-state index is 0.231. The van der Waals surface area contributed by atoms with Gasteiger partial charge in [0.15, 0.2) is 0 Å². The highest BCUT2D eigenvalue weighted by Crippen LogP contribution is 2.31. The fourth-order valence-corrected chi connectivity index (χ4v) is 3.72. The van der Waals surface area contributed by atoms with Crippen molar-refractivity contribution >= 4 is 17.3 Å². The molecule has 1 aromatic heterocycles. The number of rotatable bonds is 5. The third kappa shape index (κ3) is 4.23. The van der Waals surface area contributed by atoms with Crippen LogP contribution >= 0.6 is 11.8 Å². The quantitative estimate of drug-likeness (QED) is 0.789. The van der Waals surface area contributed by atoms with E-state index in [1.165, 1.54) is 11.8 Å². The molecule has 2 atom stereocenters. The lowest BCUT2D eigenvalue weighted by molar-refractivity contribution is 0.220. The van der Waals surface area contributed by atoms with Gasteiger partial charge in [-0.1, -0.05) is 54.3 Å². The summed E-state index contributed by atoms with van der Waals surface area (Å²) in [6, 6.07) is 13.1. The maximum Gasteiger partial charge on any atom is 0.104 e. The molecule has 0 amide bonds. The van der Waals surface area contributed by atoms with Gasteiger partial charge in [0.1, 0.15) is 12.2 Å². The van der Waals surface area contributed by atoms with E-state index < -0.39 is 6.10 Å². The van der Waals surface area contributed by atoms with Gasteiger partial charge in [0.25, 0.3) is 0 Å². The van der Waals surface area contributed by atoms with Crippen molar-refractivity contribution in [3.63, 3.8) is 0 Å². The fraction of sp³-hybridized carbons (Fsp3) is 0.143. The Balaban J connectivity index is 1.87. The highest BCUT2D eigenvalue weighted by Gasteiger charge is 2.15. The second-order valence-corrected chi connectivity index (χ2v) is 7.15. The summed E-state index contributed by atoms with van der Waals surface area (Å²) in [6.45, 7) is 0. The van der Waals surface area contributed by atoms with E-state index in [1.54, 1.807) is 24.5 Å². The number of hydrogen-bond acceptors (Lipinski definition) is 5. The summed E-state index contributed by atoms with van der Waals surface area (Å²) in [6.07, 6.45) is 11.6. The summed E-state index contributed by atoms with van der Waals surface area (Å²) in [4.78, 5) is 3.97. The molecular weight excluding hydrogens is 342 g/mol. The van der Waals surface area contributed by atoms with Crippen LogP contribution in [0.25, 0.3) is 5.57 Å². The van der Waals surface area contributed by atoms with Crippen molar-refractivity contribution in [1.29, 1.82) is 5.26 Å². The average molecular weight is 361 g/mol. The minimum Gasteiger partial charge on any atom is -0.392 e. The van der Waals surface area contributed by atoms with Crippen LogP contribution < -0.4 is 5.73 Å². The number of benzene rings is 1. The maximum atomic E-state index is 10.6. The van der Waals surface area contributed by atoms with Gasteiger partial charge in [0, 0.05) is 17.6 Å². The molecule has 3 N–H and O–H groups in total. The number of nitrogens with two attached hydrogens (primary N) is 1. The summed E-state index contributed by atoms with van der Waals surface area (Å²) in [5.41, 5.74) is 8.82. The number of aromatic nitrogens is 1. The minimum atomic E-state index is -0.779. The number of nitriles is 1. The van der Waals surface area contributed by atoms with E-state index in [0.29, 0.717) is 21.7 Å². The Morgan fingerprint density at radius 2 is 2.04 bits per heavy atom. The number of thioether (sulfide) groups is 1. The van der Waals surface area contributed by atoms with E-state index in [1.807, 2.05) is 36.4 Å². The molecular formula is C21H19N3OS. The van der Waals surface area contributed by atoms with E-state index in [2.05, 4.69) is 23.2 Å². The van der Waals surface area contributed by atoms with Gasteiger partial charge in [-0.3, -0.25) is 4.98 Å². The third-order valence-electron chi connectivity index (χ3n) is 4.09. The summed E-state index contributed by atoms with van der Waals surface area (Å²) in [5, 5.41) is 20.9. The van der Waals surface area contributed by atoms with Gasteiger partial charge in [-0.2, -0.15) is 5.26 Å². The number of allylic oxidation sites excluding steroid dienone is 4. The Morgan fingerprint density at radius 1 is 1.23 bits per heavy atom. The van der Waals surface area contributed by atoms with Crippen LogP contribution in [0.2, 0.25) is 0 Å². The summed E-state index contributed by atoms with van der Waals surface area (Å²) >= 11 is 1.48. The normalized spacial score (nSPS) is 18.1. The van der Waals surface area contributed by atoms with Crippen molar-refractivity contribution in [2.24, 2.45) is 5.73 Å². The number of aliphatic hydroxyl groups is 1. The molecule has 2 aromatic rings. The molecule has 0 saturated carbocycles. The van der Waals surface area contributed by atoms with Crippen LogP contribution in [0, 0.1) is 11.3 Å². The Kier molecular flexibility index (Phi) is 5.90. The van der Waals surface area contributed by atoms with Crippen LogP contribution in [0.1, 0.15) is 29.2 Å². The molecule has 1 heterocycles. The molecule has 2 unspecified atom stereocenters. The van der Waals surface area contributed by atoms with Crippen LogP contribution in [-0.4, -0.2) is 15.3 Å². The molecule has 1 aliphatic rings. The first-order valence-corrected chi connectivity index (χ1v) is 9.15. The van der Waals surface area contributed by atoms with Crippen LogP contribution in [0.3, 0.4) is 0 Å². The highest BCUT2D eigenvalue weighted by molar-refractivity contribution is 8.03. The molecule has 1 aromatic carbocycles. The van der Waals surface area contributed by atoms with Gasteiger partial charge in [0.2, 0.25) is 0 Å². The zero-order valence-electron chi connectivity index (χ0n) is 14.1. The Hall–Kier alpha value is -2.81. The molecule has 0 radical (unpaired) electrons. The number of aliphatic hydroxyl groups excluding tert-OH is 1. The van der Waals surface area contributed by atoms with Crippen molar-refractivity contribution < 1.29 is 5.11 Å². The second kappa shape index (κ2) is 8.52. The molecule has 5 heteroatoms. The van der Waals surface area contributed by atoms with Crippen molar-refractivity contribution in [2.75, 3.05) is 0 Å². The van der Waals surface area contributed by atoms with Crippen LogP contribution in [-0.2, 0) is 0 Å². The highest BCUT2D eigenvalue weighted by atomic mass is 32.2. The molecule has 130 valence electrons. The first kappa shape index (κ1) is 18.0. The van der Waals surface area contributed by atoms with Crippen LogP contribution in [0.5, 0.6) is 0 Å². The lowest BCUT2D eigenvalue weighted by Gasteiger charge is -2.15.